The van der Waals surface area contributed by atoms with Gasteiger partial charge in [-0.25, -0.2) is 4.39 Å². The van der Waals surface area contributed by atoms with Gasteiger partial charge in [0.15, 0.2) is 0 Å². The molecule has 2 nitrogen and oxygen atoms in total. The van der Waals surface area contributed by atoms with E-state index >= 15 is 0 Å². The van der Waals surface area contributed by atoms with Crippen LogP contribution in [0.2, 0.25) is 0 Å². The van der Waals surface area contributed by atoms with Gasteiger partial charge in [-0.05, 0) is 32.0 Å². The summed E-state index contributed by atoms with van der Waals surface area (Å²) in [5.41, 5.74) is -0.434. The van der Waals surface area contributed by atoms with Gasteiger partial charge in [0, 0.05) is 18.0 Å². The number of piperidine rings is 1. The third-order valence-corrected chi connectivity index (χ3v) is 2.57. The molecule has 0 bridgehead atoms. The van der Waals surface area contributed by atoms with E-state index in [1.807, 2.05) is 6.07 Å². The molecule has 0 saturated carbocycles. The SMILES string of the molecule is Cl.Cl.FC1(c2cccnc2)CCNCC1. The highest BCUT2D eigenvalue weighted by molar-refractivity contribution is 5.85. The summed E-state index contributed by atoms with van der Waals surface area (Å²) in [5.74, 6) is 0. The number of nitrogens with zero attached hydrogens (tertiary/aromatic N) is 1. The number of halogens is 3. The van der Waals surface area contributed by atoms with Gasteiger partial charge in [-0.3, -0.25) is 4.98 Å². The molecule has 5 heteroatoms. The van der Waals surface area contributed by atoms with Crippen LogP contribution in [0.4, 0.5) is 4.39 Å². The van der Waals surface area contributed by atoms with Crippen LogP contribution < -0.4 is 5.32 Å². The number of alkyl halides is 1. The van der Waals surface area contributed by atoms with Crippen LogP contribution in [0.1, 0.15) is 18.4 Å². The van der Waals surface area contributed by atoms with Gasteiger partial charge in [-0.2, -0.15) is 0 Å². The summed E-state index contributed by atoms with van der Waals surface area (Å²) in [6, 6.07) is 3.61. The van der Waals surface area contributed by atoms with E-state index < -0.39 is 5.67 Å². The van der Waals surface area contributed by atoms with Crippen molar-refractivity contribution in [1.29, 1.82) is 0 Å². The Kier molecular flexibility index (Phi) is 6.10. The molecule has 0 spiro atoms. The van der Waals surface area contributed by atoms with Crippen molar-refractivity contribution in [1.82, 2.24) is 10.3 Å². The summed E-state index contributed by atoms with van der Waals surface area (Å²) in [4.78, 5) is 3.94. The van der Waals surface area contributed by atoms with Crippen molar-refractivity contribution in [3.05, 3.63) is 30.1 Å². The van der Waals surface area contributed by atoms with Crippen molar-refractivity contribution in [3.8, 4) is 0 Å². The smallest absolute Gasteiger partial charge is 0.139 e. The molecule has 1 aliphatic heterocycles. The molecule has 2 heterocycles. The zero-order chi connectivity index (χ0) is 9.15. The second-order valence-electron chi connectivity index (χ2n) is 3.46. The Labute approximate surface area is 101 Å². The third kappa shape index (κ3) is 3.30. The van der Waals surface area contributed by atoms with Crippen molar-refractivity contribution < 1.29 is 4.39 Å². The molecule has 0 unspecified atom stereocenters. The van der Waals surface area contributed by atoms with Crippen molar-refractivity contribution in [3.63, 3.8) is 0 Å². The molecule has 0 atom stereocenters. The number of hydrogen-bond acceptors (Lipinski definition) is 2. The van der Waals surface area contributed by atoms with Crippen LogP contribution in [0.25, 0.3) is 0 Å². The zero-order valence-electron chi connectivity index (χ0n) is 8.28. The summed E-state index contributed by atoms with van der Waals surface area (Å²) in [7, 11) is 0. The van der Waals surface area contributed by atoms with Crippen molar-refractivity contribution >= 4 is 24.8 Å². The van der Waals surface area contributed by atoms with Crippen molar-refractivity contribution in [2.24, 2.45) is 0 Å². The molecule has 15 heavy (non-hydrogen) atoms. The molecular formula is C10H15Cl2FN2. The number of aromatic nitrogens is 1. The molecule has 1 fully saturated rings. The molecule has 0 aromatic carbocycles. The topological polar surface area (TPSA) is 24.9 Å². The average Bonchev–Trinajstić information content (AvgIpc) is 2.20. The Balaban J connectivity index is 0.000000980. The van der Waals surface area contributed by atoms with Crippen LogP contribution in [0.15, 0.2) is 24.5 Å². The maximum absolute atomic E-state index is 14.2. The highest BCUT2D eigenvalue weighted by Crippen LogP contribution is 2.33. The first-order valence-corrected chi connectivity index (χ1v) is 4.61. The lowest BCUT2D eigenvalue weighted by atomic mass is 9.88. The fourth-order valence-corrected chi connectivity index (χ4v) is 1.74. The summed E-state index contributed by atoms with van der Waals surface area (Å²) in [6.07, 6.45) is 4.41. The molecule has 2 rings (SSSR count). The maximum Gasteiger partial charge on any atom is 0.139 e. The Hall–Kier alpha value is -0.380. The molecule has 1 N–H and O–H groups in total. The normalized spacial score (nSPS) is 18.5. The summed E-state index contributed by atoms with van der Waals surface area (Å²) >= 11 is 0. The molecule has 1 aliphatic rings. The number of pyridine rings is 1. The molecular weight excluding hydrogens is 238 g/mol. The molecule has 0 aliphatic carbocycles. The lowest BCUT2D eigenvalue weighted by Crippen LogP contribution is -2.36. The Morgan fingerprint density at radius 1 is 1.27 bits per heavy atom. The second kappa shape index (κ2) is 6.26. The van der Waals surface area contributed by atoms with Gasteiger partial charge >= 0.3 is 0 Å². The zero-order valence-corrected chi connectivity index (χ0v) is 9.91. The van der Waals surface area contributed by atoms with Gasteiger partial charge < -0.3 is 5.32 Å². The molecule has 1 saturated heterocycles. The fourth-order valence-electron chi connectivity index (χ4n) is 1.74. The quantitative estimate of drug-likeness (QED) is 0.831. The van der Waals surface area contributed by atoms with Gasteiger partial charge in [0.2, 0.25) is 0 Å². The molecule has 1 aromatic rings. The van der Waals surface area contributed by atoms with E-state index in [9.17, 15) is 4.39 Å². The monoisotopic (exact) mass is 252 g/mol. The predicted octanol–water partition coefficient (Wildman–Crippen LogP) is 2.47. The Morgan fingerprint density at radius 3 is 2.47 bits per heavy atom. The van der Waals surface area contributed by atoms with Crippen LogP contribution in [0, 0.1) is 0 Å². The average molecular weight is 253 g/mol. The first-order chi connectivity index (χ1) is 6.31. The van der Waals surface area contributed by atoms with Gasteiger partial charge in [0.05, 0.1) is 0 Å². The standard InChI is InChI=1S/C10H13FN2.2ClH/c11-10(3-6-12-7-4-10)9-2-1-5-13-8-9;;/h1-2,5,8,12H,3-4,6-7H2;2*1H. The van der Waals surface area contributed by atoms with E-state index in [0.29, 0.717) is 12.8 Å². The Morgan fingerprint density at radius 2 is 1.93 bits per heavy atom. The first kappa shape index (κ1) is 14.6. The lowest BCUT2D eigenvalue weighted by molar-refractivity contribution is 0.115. The second-order valence-corrected chi connectivity index (χ2v) is 3.46. The van der Waals surface area contributed by atoms with Gasteiger partial charge in [0.25, 0.3) is 0 Å². The van der Waals surface area contributed by atoms with Crippen LogP contribution >= 0.6 is 24.8 Å². The summed E-state index contributed by atoms with van der Waals surface area (Å²) in [6.45, 7) is 1.51. The number of hydrogen-bond donors (Lipinski definition) is 1. The van der Waals surface area contributed by atoms with E-state index in [2.05, 4.69) is 10.3 Å². The molecule has 0 amide bonds. The third-order valence-electron chi connectivity index (χ3n) is 2.57. The first-order valence-electron chi connectivity index (χ1n) is 4.61. The highest BCUT2D eigenvalue weighted by Gasteiger charge is 2.33. The lowest BCUT2D eigenvalue weighted by Gasteiger charge is -2.29. The number of nitrogens with one attached hydrogen (secondary N) is 1. The maximum atomic E-state index is 14.2. The van der Waals surface area contributed by atoms with E-state index in [1.54, 1.807) is 18.5 Å². The predicted molar refractivity (Wildman–Crippen MR) is 63.6 cm³/mol. The highest BCUT2D eigenvalue weighted by atomic mass is 35.5. The minimum Gasteiger partial charge on any atom is -0.316 e. The van der Waals surface area contributed by atoms with E-state index in [1.165, 1.54) is 0 Å². The fraction of sp³-hybridized carbons (Fsp3) is 0.500. The van der Waals surface area contributed by atoms with Crippen LogP contribution in [-0.4, -0.2) is 18.1 Å². The minimum absolute atomic E-state index is 0. The largest absolute Gasteiger partial charge is 0.316 e. The van der Waals surface area contributed by atoms with Gasteiger partial charge in [-0.15, -0.1) is 24.8 Å². The Bertz CT molecular complexity index is 276. The minimum atomic E-state index is -1.15. The van der Waals surface area contributed by atoms with E-state index in [4.69, 9.17) is 0 Å². The van der Waals surface area contributed by atoms with Gasteiger partial charge in [0.1, 0.15) is 5.67 Å². The summed E-state index contributed by atoms with van der Waals surface area (Å²) < 4.78 is 14.2. The van der Waals surface area contributed by atoms with Crippen molar-refractivity contribution in [2.45, 2.75) is 18.5 Å². The van der Waals surface area contributed by atoms with Crippen LogP contribution in [-0.2, 0) is 5.67 Å². The van der Waals surface area contributed by atoms with Crippen LogP contribution in [0.3, 0.4) is 0 Å². The van der Waals surface area contributed by atoms with Crippen LogP contribution in [0.5, 0.6) is 0 Å². The van der Waals surface area contributed by atoms with E-state index in [-0.39, 0.29) is 24.8 Å². The molecule has 86 valence electrons. The van der Waals surface area contributed by atoms with Gasteiger partial charge in [-0.1, -0.05) is 6.07 Å². The van der Waals surface area contributed by atoms with E-state index in [0.717, 1.165) is 18.7 Å². The molecule has 0 radical (unpaired) electrons. The van der Waals surface area contributed by atoms with Crippen molar-refractivity contribution in [2.75, 3.05) is 13.1 Å². The number of rotatable bonds is 1. The molecule has 1 aromatic heterocycles. The summed E-state index contributed by atoms with van der Waals surface area (Å²) in [5, 5.41) is 3.15.